The molecular formula is C19H28. The van der Waals surface area contributed by atoms with Gasteiger partial charge in [0.2, 0.25) is 0 Å². The highest BCUT2D eigenvalue weighted by atomic mass is 13.9. The molecule has 0 fully saturated rings. The van der Waals surface area contributed by atoms with Crippen LogP contribution in [-0.2, 0) is 0 Å². The SMILES string of the molecule is C=CC(C=CC)=CC(=C=CCC)C=CCCCCC. The quantitative estimate of drug-likeness (QED) is 0.258. The van der Waals surface area contributed by atoms with Crippen LogP contribution in [0, 0.1) is 0 Å². The van der Waals surface area contributed by atoms with Crippen LogP contribution in [0.1, 0.15) is 52.9 Å². The number of rotatable bonds is 9. The van der Waals surface area contributed by atoms with Crippen molar-refractivity contribution in [1.82, 2.24) is 0 Å². The van der Waals surface area contributed by atoms with Crippen LogP contribution in [0.5, 0.6) is 0 Å². The molecule has 0 heterocycles. The summed E-state index contributed by atoms with van der Waals surface area (Å²) in [7, 11) is 0. The number of allylic oxidation sites excluding steroid dienone is 8. The van der Waals surface area contributed by atoms with Crippen molar-refractivity contribution in [2.24, 2.45) is 0 Å². The Labute approximate surface area is 119 Å². The van der Waals surface area contributed by atoms with Crippen molar-refractivity contribution in [2.75, 3.05) is 0 Å². The van der Waals surface area contributed by atoms with Crippen molar-refractivity contribution in [3.63, 3.8) is 0 Å². The van der Waals surface area contributed by atoms with Gasteiger partial charge in [0.1, 0.15) is 0 Å². The predicted octanol–water partition coefficient (Wildman–Crippen LogP) is 6.30. The second-order valence-electron chi connectivity index (χ2n) is 4.46. The Bertz CT molecular complexity index is 382. The molecule has 0 aromatic carbocycles. The molecule has 0 aliphatic heterocycles. The highest BCUT2D eigenvalue weighted by Crippen LogP contribution is 2.08. The zero-order chi connectivity index (χ0) is 14.3. The first-order chi connectivity index (χ1) is 9.28. The fraction of sp³-hybridized carbons (Fsp3) is 0.421. The molecule has 19 heavy (non-hydrogen) atoms. The third kappa shape index (κ3) is 10.1. The summed E-state index contributed by atoms with van der Waals surface area (Å²) in [6, 6.07) is 0. The van der Waals surface area contributed by atoms with E-state index < -0.39 is 0 Å². The molecule has 0 unspecified atom stereocenters. The molecule has 0 radical (unpaired) electrons. The van der Waals surface area contributed by atoms with E-state index in [2.05, 4.69) is 56.5 Å². The summed E-state index contributed by atoms with van der Waals surface area (Å²) in [5, 5.41) is 0. The topological polar surface area (TPSA) is 0 Å². The van der Waals surface area contributed by atoms with Crippen LogP contribution < -0.4 is 0 Å². The van der Waals surface area contributed by atoms with Gasteiger partial charge < -0.3 is 0 Å². The van der Waals surface area contributed by atoms with Gasteiger partial charge in [0.15, 0.2) is 0 Å². The molecule has 0 atom stereocenters. The standard InChI is InChI=1S/C19H28/c1-5-9-11-12-13-16-19(15-10-6-2)17-18(8-4)14-7-3/h7-8,10,13-14,16-17H,4-6,9,11-12H2,1-3H3. The summed E-state index contributed by atoms with van der Waals surface area (Å²) >= 11 is 0. The zero-order valence-corrected chi connectivity index (χ0v) is 12.8. The first-order valence-electron chi connectivity index (χ1n) is 7.37. The Morgan fingerprint density at radius 2 is 1.95 bits per heavy atom. The molecule has 0 heteroatoms. The van der Waals surface area contributed by atoms with Crippen molar-refractivity contribution < 1.29 is 0 Å². The lowest BCUT2D eigenvalue weighted by Crippen LogP contribution is -1.76. The lowest BCUT2D eigenvalue weighted by Gasteiger charge is -1.96. The van der Waals surface area contributed by atoms with Crippen molar-refractivity contribution in [3.8, 4) is 0 Å². The maximum absolute atomic E-state index is 3.84. The molecule has 0 saturated heterocycles. The molecule has 0 spiro atoms. The van der Waals surface area contributed by atoms with Crippen molar-refractivity contribution in [1.29, 1.82) is 0 Å². The molecule has 0 amide bonds. The van der Waals surface area contributed by atoms with Gasteiger partial charge in [-0.1, -0.05) is 63.6 Å². The first-order valence-corrected chi connectivity index (χ1v) is 7.37. The first kappa shape index (κ1) is 17.5. The third-order valence-electron chi connectivity index (χ3n) is 2.66. The minimum atomic E-state index is 1.01. The molecule has 0 aliphatic rings. The summed E-state index contributed by atoms with van der Waals surface area (Å²) in [6.45, 7) is 10.2. The predicted molar refractivity (Wildman–Crippen MR) is 88.3 cm³/mol. The van der Waals surface area contributed by atoms with Crippen LogP contribution in [0.15, 0.2) is 66.0 Å². The van der Waals surface area contributed by atoms with Gasteiger partial charge in [-0.15, -0.1) is 5.73 Å². The summed E-state index contributed by atoms with van der Waals surface area (Å²) in [5.41, 5.74) is 5.57. The lowest BCUT2D eigenvalue weighted by molar-refractivity contribution is 0.729. The number of unbranched alkanes of at least 4 members (excludes halogenated alkanes) is 3. The Balaban J connectivity index is 4.83. The minimum Gasteiger partial charge on any atom is -0.117 e. The van der Waals surface area contributed by atoms with E-state index in [1.807, 2.05) is 19.1 Å². The van der Waals surface area contributed by atoms with E-state index in [-0.39, 0.29) is 0 Å². The van der Waals surface area contributed by atoms with Crippen LogP contribution in [0.2, 0.25) is 0 Å². The average molecular weight is 256 g/mol. The molecule has 0 saturated carbocycles. The fourth-order valence-electron chi connectivity index (χ4n) is 1.63. The van der Waals surface area contributed by atoms with Crippen LogP contribution >= 0.6 is 0 Å². The van der Waals surface area contributed by atoms with Crippen LogP contribution in [0.25, 0.3) is 0 Å². The smallest absolute Gasteiger partial charge is 0.0164 e. The molecule has 104 valence electrons. The van der Waals surface area contributed by atoms with Crippen LogP contribution in [0.4, 0.5) is 0 Å². The number of hydrogen-bond donors (Lipinski definition) is 0. The van der Waals surface area contributed by atoms with Crippen molar-refractivity contribution in [2.45, 2.75) is 52.9 Å². The maximum Gasteiger partial charge on any atom is 0.0164 e. The molecule has 0 bridgehead atoms. The number of hydrogen-bond acceptors (Lipinski definition) is 0. The fourth-order valence-corrected chi connectivity index (χ4v) is 1.63. The van der Waals surface area contributed by atoms with Gasteiger partial charge in [0.05, 0.1) is 0 Å². The van der Waals surface area contributed by atoms with Crippen LogP contribution in [-0.4, -0.2) is 0 Å². The maximum atomic E-state index is 3.84. The highest BCUT2D eigenvalue weighted by molar-refractivity contribution is 5.41. The van der Waals surface area contributed by atoms with Gasteiger partial charge in [-0.3, -0.25) is 0 Å². The van der Waals surface area contributed by atoms with Crippen molar-refractivity contribution in [3.05, 3.63) is 66.0 Å². The van der Waals surface area contributed by atoms with E-state index >= 15 is 0 Å². The Morgan fingerprint density at radius 3 is 2.53 bits per heavy atom. The van der Waals surface area contributed by atoms with Gasteiger partial charge in [-0.05, 0) is 43.9 Å². The van der Waals surface area contributed by atoms with Gasteiger partial charge in [-0.2, -0.15) is 0 Å². The minimum absolute atomic E-state index is 1.01. The molecule has 0 aliphatic carbocycles. The normalized spacial score (nSPS) is 11.8. The molecule has 0 N–H and O–H groups in total. The van der Waals surface area contributed by atoms with Gasteiger partial charge in [0.25, 0.3) is 0 Å². The van der Waals surface area contributed by atoms with Crippen LogP contribution in [0.3, 0.4) is 0 Å². The summed E-state index contributed by atoms with van der Waals surface area (Å²) < 4.78 is 0. The van der Waals surface area contributed by atoms with E-state index in [0.717, 1.165) is 24.0 Å². The van der Waals surface area contributed by atoms with E-state index in [4.69, 9.17) is 0 Å². The second-order valence-corrected chi connectivity index (χ2v) is 4.46. The van der Waals surface area contributed by atoms with E-state index in [1.54, 1.807) is 0 Å². The average Bonchev–Trinajstić information content (AvgIpc) is 2.43. The molecular weight excluding hydrogens is 228 g/mol. The largest absolute Gasteiger partial charge is 0.117 e. The van der Waals surface area contributed by atoms with Gasteiger partial charge in [-0.25, -0.2) is 0 Å². The second kappa shape index (κ2) is 12.9. The van der Waals surface area contributed by atoms with E-state index in [9.17, 15) is 0 Å². The van der Waals surface area contributed by atoms with Gasteiger partial charge >= 0.3 is 0 Å². The molecule has 0 rings (SSSR count). The summed E-state index contributed by atoms with van der Waals surface area (Å²) in [4.78, 5) is 0. The summed E-state index contributed by atoms with van der Waals surface area (Å²) in [5.74, 6) is 0. The lowest BCUT2D eigenvalue weighted by atomic mass is 10.1. The molecule has 0 aromatic rings. The Kier molecular flexibility index (Phi) is 11.9. The monoisotopic (exact) mass is 256 g/mol. The molecule has 0 nitrogen and oxygen atoms in total. The molecule has 0 aromatic heterocycles. The van der Waals surface area contributed by atoms with Gasteiger partial charge in [0, 0.05) is 5.57 Å². The highest BCUT2D eigenvalue weighted by Gasteiger charge is 1.89. The van der Waals surface area contributed by atoms with Crippen molar-refractivity contribution >= 4 is 0 Å². The Morgan fingerprint density at radius 1 is 1.16 bits per heavy atom. The Hall–Kier alpha value is -1.52. The summed E-state index contributed by atoms with van der Waals surface area (Å²) in [6.07, 6.45) is 20.6. The van der Waals surface area contributed by atoms with E-state index in [1.165, 1.54) is 19.3 Å². The zero-order valence-electron chi connectivity index (χ0n) is 12.8. The van der Waals surface area contributed by atoms with E-state index in [0.29, 0.717) is 0 Å². The third-order valence-corrected chi connectivity index (χ3v) is 2.66.